The standard InChI is InChI=1S/C13H15ClN2S/c1-3-10-15-12(14)11-8-5-4-7(2)6-9(8)17-13(11)16-10/h7H,3-6H2,1-2H3/t7-/m1/s1. The lowest BCUT2D eigenvalue weighted by Crippen LogP contribution is -2.08. The van der Waals surface area contributed by atoms with Crippen LogP contribution in [-0.2, 0) is 19.3 Å². The second-order valence-corrected chi connectivity index (χ2v) is 6.26. The molecule has 0 aromatic carbocycles. The Morgan fingerprint density at radius 2 is 2.24 bits per heavy atom. The van der Waals surface area contributed by atoms with Crippen molar-refractivity contribution in [2.75, 3.05) is 0 Å². The largest absolute Gasteiger partial charge is 0.222 e. The molecule has 2 heterocycles. The van der Waals surface area contributed by atoms with Crippen LogP contribution in [0.25, 0.3) is 10.2 Å². The highest BCUT2D eigenvalue weighted by atomic mass is 35.5. The van der Waals surface area contributed by atoms with Gasteiger partial charge in [0.15, 0.2) is 0 Å². The highest BCUT2D eigenvalue weighted by molar-refractivity contribution is 7.19. The number of aromatic nitrogens is 2. The average molecular weight is 267 g/mol. The summed E-state index contributed by atoms with van der Waals surface area (Å²) in [4.78, 5) is 11.5. The summed E-state index contributed by atoms with van der Waals surface area (Å²) < 4.78 is 0. The molecule has 0 amide bonds. The molecule has 0 spiro atoms. The number of thiophene rings is 1. The summed E-state index contributed by atoms with van der Waals surface area (Å²) in [6.07, 6.45) is 4.40. The summed E-state index contributed by atoms with van der Waals surface area (Å²) in [5, 5.41) is 1.77. The fraction of sp³-hybridized carbons (Fsp3) is 0.538. The molecule has 1 aliphatic carbocycles. The van der Waals surface area contributed by atoms with Crippen molar-refractivity contribution in [1.29, 1.82) is 0 Å². The molecule has 3 rings (SSSR count). The minimum absolute atomic E-state index is 0.652. The first-order chi connectivity index (χ1) is 8.19. The van der Waals surface area contributed by atoms with E-state index in [4.69, 9.17) is 11.6 Å². The van der Waals surface area contributed by atoms with Gasteiger partial charge in [0.25, 0.3) is 0 Å². The molecule has 2 aromatic rings. The second kappa shape index (κ2) is 4.21. The Labute approximate surface area is 110 Å². The van der Waals surface area contributed by atoms with Crippen LogP contribution in [0.4, 0.5) is 0 Å². The average Bonchev–Trinajstić information content (AvgIpc) is 2.66. The van der Waals surface area contributed by atoms with E-state index >= 15 is 0 Å². The van der Waals surface area contributed by atoms with Gasteiger partial charge in [-0.3, -0.25) is 0 Å². The summed E-state index contributed by atoms with van der Waals surface area (Å²) in [6, 6.07) is 0. The Bertz CT molecular complexity index is 576. The third-order valence-corrected chi connectivity index (χ3v) is 4.90. The van der Waals surface area contributed by atoms with Crippen LogP contribution < -0.4 is 0 Å². The third kappa shape index (κ3) is 1.85. The predicted molar refractivity (Wildman–Crippen MR) is 73.0 cm³/mol. The van der Waals surface area contributed by atoms with Crippen molar-refractivity contribution < 1.29 is 0 Å². The van der Waals surface area contributed by atoms with Crippen LogP contribution in [0.2, 0.25) is 5.15 Å². The van der Waals surface area contributed by atoms with Crippen LogP contribution in [0.5, 0.6) is 0 Å². The zero-order chi connectivity index (χ0) is 12.0. The fourth-order valence-electron chi connectivity index (χ4n) is 2.50. The predicted octanol–water partition coefficient (Wildman–Crippen LogP) is 4.03. The monoisotopic (exact) mass is 266 g/mol. The number of rotatable bonds is 1. The van der Waals surface area contributed by atoms with Crippen molar-refractivity contribution in [3.05, 3.63) is 21.4 Å². The molecule has 1 atom stereocenters. The lowest BCUT2D eigenvalue weighted by molar-refractivity contribution is 0.509. The van der Waals surface area contributed by atoms with Gasteiger partial charge in [-0.15, -0.1) is 11.3 Å². The number of hydrogen-bond donors (Lipinski definition) is 0. The first-order valence-corrected chi connectivity index (χ1v) is 7.35. The zero-order valence-corrected chi connectivity index (χ0v) is 11.7. The van der Waals surface area contributed by atoms with Crippen LogP contribution in [-0.4, -0.2) is 9.97 Å². The minimum atomic E-state index is 0.652. The van der Waals surface area contributed by atoms with Crippen molar-refractivity contribution in [2.45, 2.75) is 39.5 Å². The van der Waals surface area contributed by atoms with E-state index in [0.29, 0.717) is 5.15 Å². The minimum Gasteiger partial charge on any atom is -0.222 e. The molecule has 2 nitrogen and oxygen atoms in total. The van der Waals surface area contributed by atoms with Gasteiger partial charge in [-0.2, -0.15) is 0 Å². The highest BCUT2D eigenvalue weighted by Gasteiger charge is 2.23. The van der Waals surface area contributed by atoms with Gasteiger partial charge in [0.2, 0.25) is 0 Å². The van der Waals surface area contributed by atoms with E-state index in [1.54, 1.807) is 0 Å². The lowest BCUT2D eigenvalue weighted by Gasteiger charge is -2.17. The summed E-state index contributed by atoms with van der Waals surface area (Å²) in [7, 11) is 0. The maximum atomic E-state index is 6.31. The molecule has 0 saturated carbocycles. The first kappa shape index (κ1) is 11.4. The van der Waals surface area contributed by atoms with Gasteiger partial charge >= 0.3 is 0 Å². The van der Waals surface area contributed by atoms with Crippen LogP contribution in [0.15, 0.2) is 0 Å². The van der Waals surface area contributed by atoms with E-state index in [1.807, 2.05) is 11.3 Å². The van der Waals surface area contributed by atoms with Gasteiger partial charge in [-0.25, -0.2) is 9.97 Å². The molecule has 90 valence electrons. The van der Waals surface area contributed by atoms with Crippen molar-refractivity contribution in [3.63, 3.8) is 0 Å². The normalized spacial score (nSPS) is 19.6. The van der Waals surface area contributed by atoms with E-state index in [2.05, 4.69) is 23.8 Å². The number of fused-ring (bicyclic) bond motifs is 3. The zero-order valence-electron chi connectivity index (χ0n) is 10.1. The van der Waals surface area contributed by atoms with Crippen LogP contribution in [0, 0.1) is 5.92 Å². The molecule has 17 heavy (non-hydrogen) atoms. The van der Waals surface area contributed by atoms with E-state index in [0.717, 1.165) is 34.8 Å². The van der Waals surface area contributed by atoms with Gasteiger partial charge in [-0.05, 0) is 30.7 Å². The van der Waals surface area contributed by atoms with E-state index in [1.165, 1.54) is 23.3 Å². The van der Waals surface area contributed by atoms with Crippen LogP contribution in [0.3, 0.4) is 0 Å². The number of nitrogens with zero attached hydrogens (tertiary/aromatic N) is 2. The Balaban J connectivity index is 2.24. The van der Waals surface area contributed by atoms with Gasteiger partial charge in [-0.1, -0.05) is 25.4 Å². The molecule has 0 aliphatic heterocycles. The SMILES string of the molecule is CCc1nc(Cl)c2c3c(sc2n1)C[C@H](C)CC3. The second-order valence-electron chi connectivity index (χ2n) is 4.82. The van der Waals surface area contributed by atoms with Gasteiger partial charge in [0.1, 0.15) is 15.8 Å². The molecule has 0 fully saturated rings. The Morgan fingerprint density at radius 1 is 1.41 bits per heavy atom. The van der Waals surface area contributed by atoms with Crippen molar-refractivity contribution in [1.82, 2.24) is 9.97 Å². The molecule has 0 N–H and O–H groups in total. The molecule has 2 aromatic heterocycles. The third-order valence-electron chi connectivity index (χ3n) is 3.47. The molecule has 0 radical (unpaired) electrons. The highest BCUT2D eigenvalue weighted by Crippen LogP contribution is 2.39. The first-order valence-electron chi connectivity index (χ1n) is 6.15. The maximum Gasteiger partial charge on any atom is 0.141 e. The van der Waals surface area contributed by atoms with Gasteiger partial charge < -0.3 is 0 Å². The Kier molecular flexibility index (Phi) is 2.83. The summed E-state index contributed by atoms with van der Waals surface area (Å²) >= 11 is 8.12. The lowest BCUT2D eigenvalue weighted by atomic mass is 9.89. The quantitative estimate of drug-likeness (QED) is 0.729. The Hall–Kier alpha value is -0.670. The van der Waals surface area contributed by atoms with E-state index in [9.17, 15) is 0 Å². The Morgan fingerprint density at radius 3 is 3.00 bits per heavy atom. The number of halogens is 1. The van der Waals surface area contributed by atoms with Crippen LogP contribution >= 0.6 is 22.9 Å². The number of hydrogen-bond acceptors (Lipinski definition) is 3. The van der Waals surface area contributed by atoms with Gasteiger partial charge in [0, 0.05) is 11.3 Å². The molecule has 0 saturated heterocycles. The maximum absolute atomic E-state index is 6.31. The van der Waals surface area contributed by atoms with Gasteiger partial charge in [0.05, 0.1) is 5.39 Å². The van der Waals surface area contributed by atoms with Crippen molar-refractivity contribution in [3.8, 4) is 0 Å². The van der Waals surface area contributed by atoms with Crippen molar-refractivity contribution in [2.24, 2.45) is 5.92 Å². The summed E-state index contributed by atoms with van der Waals surface area (Å²) in [5.41, 5.74) is 1.41. The van der Waals surface area contributed by atoms with E-state index in [-0.39, 0.29) is 0 Å². The molecule has 1 aliphatic rings. The van der Waals surface area contributed by atoms with E-state index < -0.39 is 0 Å². The summed E-state index contributed by atoms with van der Waals surface area (Å²) in [6.45, 7) is 4.38. The van der Waals surface area contributed by atoms with Crippen molar-refractivity contribution >= 4 is 33.2 Å². The van der Waals surface area contributed by atoms with Crippen LogP contribution in [0.1, 0.15) is 36.5 Å². The fourth-order valence-corrected chi connectivity index (χ4v) is 4.26. The molecular weight excluding hydrogens is 252 g/mol. The molecular formula is C13H15ClN2S. The molecule has 0 bridgehead atoms. The number of aryl methyl sites for hydroxylation is 2. The smallest absolute Gasteiger partial charge is 0.141 e. The topological polar surface area (TPSA) is 25.8 Å². The molecule has 4 heteroatoms. The summed E-state index contributed by atoms with van der Waals surface area (Å²) in [5.74, 6) is 1.64. The molecule has 0 unspecified atom stereocenters.